The topological polar surface area (TPSA) is 47.9 Å². The van der Waals surface area contributed by atoms with E-state index in [9.17, 15) is 4.79 Å². The summed E-state index contributed by atoms with van der Waals surface area (Å²) in [5, 5.41) is 0. The number of benzene rings is 2. The molecule has 4 nitrogen and oxygen atoms in total. The minimum Gasteiger partial charge on any atom is -0.496 e. The predicted molar refractivity (Wildman–Crippen MR) is 89.5 cm³/mol. The van der Waals surface area contributed by atoms with Crippen LogP contribution in [-0.4, -0.2) is 19.0 Å². The van der Waals surface area contributed by atoms with Crippen molar-refractivity contribution in [3.8, 4) is 5.75 Å². The Balaban J connectivity index is 1.98. The zero-order valence-corrected chi connectivity index (χ0v) is 13.3. The van der Waals surface area contributed by atoms with Crippen molar-refractivity contribution in [1.29, 1.82) is 0 Å². The molecule has 0 fully saturated rings. The fourth-order valence-electron chi connectivity index (χ4n) is 2.34. The summed E-state index contributed by atoms with van der Waals surface area (Å²) in [4.78, 5) is 16.4. The molecule has 1 aliphatic rings. The molecule has 3 rings (SSSR count). The van der Waals surface area contributed by atoms with Gasteiger partial charge in [0, 0.05) is 11.1 Å². The van der Waals surface area contributed by atoms with Gasteiger partial charge < -0.3 is 9.47 Å². The number of rotatable bonds is 3. The van der Waals surface area contributed by atoms with Crippen LogP contribution in [0.3, 0.4) is 0 Å². The molecule has 0 amide bonds. The Kier molecular flexibility index (Phi) is 3.98. The molecule has 0 bridgehead atoms. The van der Waals surface area contributed by atoms with Gasteiger partial charge in [-0.2, -0.15) is 0 Å². The van der Waals surface area contributed by atoms with E-state index in [1.54, 1.807) is 13.2 Å². The summed E-state index contributed by atoms with van der Waals surface area (Å²) in [7, 11) is 1.59. The highest BCUT2D eigenvalue weighted by molar-refractivity contribution is 6.13. The summed E-state index contributed by atoms with van der Waals surface area (Å²) in [6, 6.07) is 13.3. The van der Waals surface area contributed by atoms with E-state index >= 15 is 0 Å². The number of hydrogen-bond acceptors (Lipinski definition) is 4. The van der Waals surface area contributed by atoms with Gasteiger partial charge in [0.05, 0.1) is 7.11 Å². The number of cyclic esters (lactones) is 1. The maximum Gasteiger partial charge on any atom is 0.363 e. The van der Waals surface area contributed by atoms with Crippen LogP contribution in [0.25, 0.3) is 6.08 Å². The lowest BCUT2D eigenvalue weighted by molar-refractivity contribution is -0.129. The van der Waals surface area contributed by atoms with Crippen molar-refractivity contribution < 1.29 is 14.3 Å². The normalized spacial score (nSPS) is 15.5. The van der Waals surface area contributed by atoms with Crippen LogP contribution in [-0.2, 0) is 9.53 Å². The van der Waals surface area contributed by atoms with Gasteiger partial charge in [-0.05, 0) is 49.2 Å². The third-order valence-electron chi connectivity index (χ3n) is 3.81. The number of carbonyl (C=O) groups is 1. The van der Waals surface area contributed by atoms with E-state index in [-0.39, 0.29) is 5.70 Å². The molecule has 116 valence electrons. The molecular formula is C19H17NO3. The average Bonchev–Trinajstić information content (AvgIpc) is 2.91. The first-order valence-electron chi connectivity index (χ1n) is 7.31. The minimum absolute atomic E-state index is 0.266. The molecule has 23 heavy (non-hydrogen) atoms. The van der Waals surface area contributed by atoms with Crippen LogP contribution in [0.2, 0.25) is 0 Å². The van der Waals surface area contributed by atoms with E-state index in [2.05, 4.69) is 4.99 Å². The maximum absolute atomic E-state index is 12.1. The van der Waals surface area contributed by atoms with E-state index in [1.165, 1.54) is 5.56 Å². The highest BCUT2D eigenvalue weighted by atomic mass is 16.6. The number of methoxy groups -OCH3 is 1. The molecule has 0 aliphatic carbocycles. The molecule has 0 saturated carbocycles. The van der Waals surface area contributed by atoms with Gasteiger partial charge >= 0.3 is 5.97 Å². The molecule has 2 aromatic rings. The third-order valence-corrected chi connectivity index (χ3v) is 3.81. The van der Waals surface area contributed by atoms with Crippen LogP contribution in [0, 0.1) is 13.8 Å². The minimum atomic E-state index is -0.455. The van der Waals surface area contributed by atoms with Crippen molar-refractivity contribution in [3.05, 3.63) is 70.4 Å². The van der Waals surface area contributed by atoms with Crippen molar-refractivity contribution in [1.82, 2.24) is 0 Å². The number of aryl methyl sites for hydroxylation is 2. The Morgan fingerprint density at radius 2 is 1.87 bits per heavy atom. The molecule has 1 aliphatic heterocycles. The van der Waals surface area contributed by atoms with Crippen LogP contribution < -0.4 is 4.74 Å². The van der Waals surface area contributed by atoms with Gasteiger partial charge in [0.25, 0.3) is 0 Å². The summed E-state index contributed by atoms with van der Waals surface area (Å²) < 4.78 is 10.6. The van der Waals surface area contributed by atoms with Crippen LogP contribution >= 0.6 is 0 Å². The molecular weight excluding hydrogens is 290 g/mol. The van der Waals surface area contributed by atoms with Crippen LogP contribution in [0.15, 0.2) is 53.2 Å². The van der Waals surface area contributed by atoms with Crippen molar-refractivity contribution in [3.63, 3.8) is 0 Å². The number of para-hydroxylation sites is 1. The van der Waals surface area contributed by atoms with E-state index in [4.69, 9.17) is 9.47 Å². The molecule has 1 heterocycles. The van der Waals surface area contributed by atoms with Gasteiger partial charge in [0.2, 0.25) is 5.90 Å². The molecule has 0 unspecified atom stereocenters. The standard InChI is InChI=1S/C19H17NO3/c1-12-8-9-15(10-13(12)2)18-20-16(19(21)23-18)11-14-6-4-5-7-17(14)22-3/h4-11H,1-3H3. The Bertz CT molecular complexity index is 834. The second-order valence-electron chi connectivity index (χ2n) is 5.38. The largest absolute Gasteiger partial charge is 0.496 e. The Labute approximate surface area is 135 Å². The first-order chi connectivity index (χ1) is 11.1. The molecule has 0 spiro atoms. The summed E-state index contributed by atoms with van der Waals surface area (Å²) in [5.41, 5.74) is 4.16. The Morgan fingerprint density at radius 3 is 2.61 bits per heavy atom. The second kappa shape index (κ2) is 6.08. The highest BCUT2D eigenvalue weighted by Gasteiger charge is 2.24. The summed E-state index contributed by atoms with van der Waals surface area (Å²) in [5.74, 6) is 0.561. The van der Waals surface area contributed by atoms with Gasteiger partial charge in [-0.3, -0.25) is 0 Å². The number of esters is 1. The van der Waals surface area contributed by atoms with Gasteiger partial charge in [0.1, 0.15) is 5.75 Å². The van der Waals surface area contributed by atoms with Crippen molar-refractivity contribution in [2.24, 2.45) is 4.99 Å². The number of aliphatic imine (C=N–C) groups is 1. The first-order valence-corrected chi connectivity index (χ1v) is 7.31. The lowest BCUT2D eigenvalue weighted by Crippen LogP contribution is -2.05. The molecule has 0 aromatic heterocycles. The maximum atomic E-state index is 12.1. The third kappa shape index (κ3) is 3.01. The van der Waals surface area contributed by atoms with Gasteiger partial charge in [-0.15, -0.1) is 0 Å². The molecule has 0 N–H and O–H groups in total. The molecule has 0 radical (unpaired) electrons. The van der Waals surface area contributed by atoms with Gasteiger partial charge in [-0.25, -0.2) is 9.79 Å². The van der Waals surface area contributed by atoms with Gasteiger partial charge in [0.15, 0.2) is 5.70 Å². The zero-order valence-electron chi connectivity index (χ0n) is 13.3. The SMILES string of the molecule is COc1ccccc1C=C1N=C(c2ccc(C)c(C)c2)OC1=O. The van der Waals surface area contributed by atoms with Crippen molar-refractivity contribution in [2.45, 2.75) is 13.8 Å². The number of carbonyl (C=O) groups excluding carboxylic acids is 1. The van der Waals surface area contributed by atoms with Gasteiger partial charge in [-0.1, -0.05) is 24.3 Å². The fourth-order valence-corrected chi connectivity index (χ4v) is 2.34. The summed E-state index contributed by atoms with van der Waals surface area (Å²) in [6.45, 7) is 4.05. The van der Waals surface area contributed by atoms with E-state index in [1.807, 2.05) is 56.3 Å². The summed E-state index contributed by atoms with van der Waals surface area (Å²) in [6.07, 6.45) is 1.68. The molecule has 4 heteroatoms. The predicted octanol–water partition coefficient (Wildman–Crippen LogP) is 3.66. The monoisotopic (exact) mass is 307 g/mol. The van der Waals surface area contributed by atoms with Crippen LogP contribution in [0.5, 0.6) is 5.75 Å². The molecule has 2 aromatic carbocycles. The van der Waals surface area contributed by atoms with Crippen LogP contribution in [0.4, 0.5) is 0 Å². The van der Waals surface area contributed by atoms with E-state index < -0.39 is 5.97 Å². The Hall–Kier alpha value is -2.88. The lowest BCUT2D eigenvalue weighted by Gasteiger charge is -2.03. The number of ether oxygens (including phenoxy) is 2. The smallest absolute Gasteiger partial charge is 0.363 e. The lowest BCUT2D eigenvalue weighted by atomic mass is 10.1. The first kappa shape index (κ1) is 15.0. The summed E-state index contributed by atoms with van der Waals surface area (Å²) >= 11 is 0. The number of nitrogens with zero attached hydrogens (tertiary/aromatic N) is 1. The quantitative estimate of drug-likeness (QED) is 0.642. The van der Waals surface area contributed by atoms with E-state index in [0.29, 0.717) is 11.6 Å². The van der Waals surface area contributed by atoms with E-state index in [0.717, 1.165) is 16.7 Å². The molecule has 0 atom stereocenters. The molecule has 0 saturated heterocycles. The highest BCUT2D eigenvalue weighted by Crippen LogP contribution is 2.24. The van der Waals surface area contributed by atoms with Crippen molar-refractivity contribution in [2.75, 3.05) is 7.11 Å². The second-order valence-corrected chi connectivity index (χ2v) is 5.38. The zero-order chi connectivity index (χ0) is 16.4. The Morgan fingerprint density at radius 1 is 1.09 bits per heavy atom. The average molecular weight is 307 g/mol. The number of hydrogen-bond donors (Lipinski definition) is 0. The van der Waals surface area contributed by atoms with Crippen molar-refractivity contribution >= 4 is 17.9 Å². The fraction of sp³-hybridized carbons (Fsp3) is 0.158. The van der Waals surface area contributed by atoms with Crippen LogP contribution in [0.1, 0.15) is 22.3 Å².